The first-order valence-corrected chi connectivity index (χ1v) is 10.6. The third-order valence-corrected chi connectivity index (χ3v) is 5.83. The second-order valence-corrected chi connectivity index (χ2v) is 8.01. The molecule has 1 aliphatic heterocycles. The summed E-state index contributed by atoms with van der Waals surface area (Å²) in [4.78, 5) is 32.0. The number of carbonyl (C=O) groups excluding carboxylic acids is 2. The highest BCUT2D eigenvalue weighted by Crippen LogP contribution is 2.46. The fourth-order valence-corrected chi connectivity index (χ4v) is 4.16. The number of carbonyl (C=O) groups is 2. The molecule has 4 rings (SSSR count). The molecular formula is C25H21ClN2O6. The van der Waals surface area contributed by atoms with Crippen LogP contribution in [0.5, 0.6) is 17.2 Å². The van der Waals surface area contributed by atoms with Crippen LogP contribution in [0, 0.1) is 6.92 Å². The number of methoxy groups -OCH3 is 2. The van der Waals surface area contributed by atoms with Crippen LogP contribution in [-0.2, 0) is 9.59 Å². The van der Waals surface area contributed by atoms with Crippen molar-refractivity contribution in [2.75, 3.05) is 19.1 Å². The van der Waals surface area contributed by atoms with Crippen molar-refractivity contribution in [2.45, 2.75) is 13.0 Å². The number of anilines is 1. The van der Waals surface area contributed by atoms with E-state index in [9.17, 15) is 19.8 Å². The molecule has 2 heterocycles. The molecule has 0 bridgehead atoms. The van der Waals surface area contributed by atoms with Crippen molar-refractivity contribution >= 4 is 34.7 Å². The topological polar surface area (TPSA) is 109 Å². The predicted octanol–water partition coefficient (Wildman–Crippen LogP) is 4.39. The lowest BCUT2D eigenvalue weighted by Gasteiger charge is -2.25. The van der Waals surface area contributed by atoms with Crippen LogP contribution in [0.2, 0.25) is 5.02 Å². The Bertz CT molecular complexity index is 1320. The van der Waals surface area contributed by atoms with Gasteiger partial charge in [-0.2, -0.15) is 0 Å². The van der Waals surface area contributed by atoms with Gasteiger partial charge in [0.05, 0.1) is 41.8 Å². The van der Waals surface area contributed by atoms with Crippen LogP contribution < -0.4 is 14.4 Å². The lowest BCUT2D eigenvalue weighted by atomic mass is 9.97. The Labute approximate surface area is 200 Å². The molecule has 2 N–H and O–H groups in total. The third kappa shape index (κ3) is 3.82. The number of ketones is 1. The molecule has 1 unspecified atom stereocenters. The first-order chi connectivity index (χ1) is 16.3. The number of aliphatic hydroxyl groups is 1. The van der Waals surface area contributed by atoms with Crippen molar-refractivity contribution in [1.29, 1.82) is 0 Å². The monoisotopic (exact) mass is 480 g/mol. The van der Waals surface area contributed by atoms with E-state index in [2.05, 4.69) is 4.98 Å². The van der Waals surface area contributed by atoms with E-state index in [1.54, 1.807) is 37.3 Å². The lowest BCUT2D eigenvalue weighted by molar-refractivity contribution is -0.132. The number of nitrogens with zero attached hydrogens (tertiary/aromatic N) is 2. The van der Waals surface area contributed by atoms with Crippen LogP contribution in [0.1, 0.15) is 22.9 Å². The summed E-state index contributed by atoms with van der Waals surface area (Å²) >= 11 is 6.27. The van der Waals surface area contributed by atoms with E-state index < -0.39 is 23.5 Å². The van der Waals surface area contributed by atoms with E-state index in [1.807, 2.05) is 0 Å². The summed E-state index contributed by atoms with van der Waals surface area (Å²) in [6.07, 6.45) is 1.51. The normalized spacial score (nSPS) is 17.2. The summed E-state index contributed by atoms with van der Waals surface area (Å²) in [5.74, 6) is -2.06. The van der Waals surface area contributed by atoms with Gasteiger partial charge in [0.15, 0.2) is 0 Å². The van der Waals surface area contributed by atoms with E-state index in [4.69, 9.17) is 21.1 Å². The predicted molar refractivity (Wildman–Crippen MR) is 126 cm³/mol. The van der Waals surface area contributed by atoms with E-state index in [0.29, 0.717) is 11.4 Å². The van der Waals surface area contributed by atoms with Crippen LogP contribution in [0.4, 0.5) is 5.69 Å². The second kappa shape index (κ2) is 9.07. The number of benzene rings is 2. The number of amides is 1. The quantitative estimate of drug-likeness (QED) is 0.316. The summed E-state index contributed by atoms with van der Waals surface area (Å²) < 4.78 is 10.6. The standard InChI is InChI=1S/C25H21ClN2O6/c1-13-7-8-18(29)17(10-13)28-22(16-6-4-5-9-27-16)21(24(31)25(28)32)23(30)14-11-15(26)20(34-3)12-19(14)33-2/h4-12,22,29-30H,1-3H3/b23-21+. The van der Waals surface area contributed by atoms with Gasteiger partial charge in [-0.1, -0.05) is 23.7 Å². The molecule has 9 heteroatoms. The molecule has 1 fully saturated rings. The highest BCUT2D eigenvalue weighted by molar-refractivity contribution is 6.52. The van der Waals surface area contributed by atoms with Crippen LogP contribution in [0.15, 0.2) is 60.3 Å². The van der Waals surface area contributed by atoms with Crippen molar-refractivity contribution in [1.82, 2.24) is 4.98 Å². The Morgan fingerprint density at radius 2 is 1.79 bits per heavy atom. The van der Waals surface area contributed by atoms with Gasteiger partial charge >= 0.3 is 0 Å². The van der Waals surface area contributed by atoms with E-state index in [0.717, 1.165) is 10.5 Å². The number of phenolic OH excluding ortho intramolecular Hbond substituents is 1. The summed E-state index contributed by atoms with van der Waals surface area (Å²) in [6.45, 7) is 1.79. The molecule has 1 amide bonds. The van der Waals surface area contributed by atoms with Gasteiger partial charge in [-0.15, -0.1) is 0 Å². The van der Waals surface area contributed by atoms with Gasteiger partial charge in [0, 0.05) is 12.3 Å². The molecule has 8 nitrogen and oxygen atoms in total. The highest BCUT2D eigenvalue weighted by atomic mass is 35.5. The molecule has 1 aromatic heterocycles. The Kier molecular flexibility index (Phi) is 6.17. The Morgan fingerprint density at radius 1 is 1.06 bits per heavy atom. The number of hydrogen-bond donors (Lipinski definition) is 2. The Morgan fingerprint density at radius 3 is 2.44 bits per heavy atom. The number of aromatic hydroxyl groups is 1. The van der Waals surface area contributed by atoms with Crippen LogP contribution >= 0.6 is 11.6 Å². The maximum Gasteiger partial charge on any atom is 0.300 e. The average Bonchev–Trinajstić information content (AvgIpc) is 3.10. The molecular weight excluding hydrogens is 460 g/mol. The smallest absolute Gasteiger partial charge is 0.300 e. The SMILES string of the molecule is COc1cc(OC)c(/C(O)=C2\C(=O)C(=O)N(c3cc(C)ccc3O)C2c2ccccn2)cc1Cl. The molecule has 174 valence electrons. The van der Waals surface area contributed by atoms with Gasteiger partial charge < -0.3 is 19.7 Å². The fraction of sp³-hybridized carbons (Fsp3) is 0.160. The maximum absolute atomic E-state index is 13.3. The Balaban J connectivity index is 2.01. The van der Waals surface area contributed by atoms with Gasteiger partial charge in [-0.05, 0) is 42.8 Å². The largest absolute Gasteiger partial charge is 0.507 e. The number of Topliss-reactive ketones (excluding diaryl/α,β-unsaturated/α-hetero) is 1. The van der Waals surface area contributed by atoms with Crippen molar-refractivity contribution < 1.29 is 29.3 Å². The molecule has 34 heavy (non-hydrogen) atoms. The fourth-order valence-electron chi connectivity index (χ4n) is 3.92. The van der Waals surface area contributed by atoms with Crippen molar-refractivity contribution in [3.8, 4) is 17.2 Å². The molecule has 0 saturated carbocycles. The van der Waals surface area contributed by atoms with Crippen molar-refractivity contribution in [2.24, 2.45) is 0 Å². The van der Waals surface area contributed by atoms with Gasteiger partial charge in [0.2, 0.25) is 0 Å². The first-order valence-electron chi connectivity index (χ1n) is 10.2. The van der Waals surface area contributed by atoms with Crippen LogP contribution in [0.3, 0.4) is 0 Å². The number of ether oxygens (including phenoxy) is 2. The van der Waals surface area contributed by atoms with Gasteiger partial charge in [0.1, 0.15) is 29.0 Å². The van der Waals surface area contributed by atoms with Crippen molar-refractivity contribution in [3.05, 3.63) is 82.1 Å². The maximum atomic E-state index is 13.3. The Hall–Kier alpha value is -4.04. The second-order valence-electron chi connectivity index (χ2n) is 7.60. The minimum absolute atomic E-state index is 0.0979. The van der Waals surface area contributed by atoms with Gasteiger partial charge in [-0.3, -0.25) is 19.5 Å². The number of pyridine rings is 1. The minimum Gasteiger partial charge on any atom is -0.507 e. The van der Waals surface area contributed by atoms with Gasteiger partial charge in [0.25, 0.3) is 11.7 Å². The molecule has 3 aromatic rings. The summed E-state index contributed by atoms with van der Waals surface area (Å²) in [6, 6.07) is 11.5. The van der Waals surface area contributed by atoms with Crippen LogP contribution in [-0.4, -0.2) is 41.1 Å². The number of halogens is 1. The summed E-state index contributed by atoms with van der Waals surface area (Å²) in [5.41, 5.74) is 1.09. The molecule has 0 radical (unpaired) electrons. The molecule has 2 aromatic carbocycles. The number of rotatable bonds is 5. The molecule has 1 aliphatic rings. The molecule has 0 spiro atoms. The zero-order valence-electron chi connectivity index (χ0n) is 18.6. The number of aliphatic hydroxyl groups excluding tert-OH is 1. The molecule has 1 atom stereocenters. The highest BCUT2D eigenvalue weighted by Gasteiger charge is 2.48. The molecule has 0 aliphatic carbocycles. The average molecular weight is 481 g/mol. The number of phenols is 1. The first kappa shape index (κ1) is 23.1. The lowest BCUT2D eigenvalue weighted by Crippen LogP contribution is -2.30. The van der Waals surface area contributed by atoms with E-state index in [1.165, 1.54) is 38.6 Å². The third-order valence-electron chi connectivity index (χ3n) is 5.53. The zero-order valence-corrected chi connectivity index (χ0v) is 19.3. The molecule has 1 saturated heterocycles. The van der Waals surface area contributed by atoms with Gasteiger partial charge in [-0.25, -0.2) is 0 Å². The van der Waals surface area contributed by atoms with E-state index in [-0.39, 0.29) is 33.3 Å². The number of aromatic nitrogens is 1. The van der Waals surface area contributed by atoms with Crippen LogP contribution in [0.25, 0.3) is 5.76 Å². The minimum atomic E-state index is -1.11. The number of aryl methyl sites for hydroxylation is 1. The summed E-state index contributed by atoms with van der Waals surface area (Å²) in [7, 11) is 2.82. The zero-order chi connectivity index (χ0) is 24.6. The van der Waals surface area contributed by atoms with E-state index >= 15 is 0 Å². The van der Waals surface area contributed by atoms with Crippen molar-refractivity contribution in [3.63, 3.8) is 0 Å². The summed E-state index contributed by atoms with van der Waals surface area (Å²) in [5, 5.41) is 22.0. The number of hydrogen-bond acceptors (Lipinski definition) is 7.